The fourth-order valence-corrected chi connectivity index (χ4v) is 4.47. The van der Waals surface area contributed by atoms with Gasteiger partial charge in [0, 0.05) is 11.8 Å². The number of rotatable bonds is 6. The molecule has 1 saturated carbocycles. The number of aromatic nitrogens is 2. The van der Waals surface area contributed by atoms with Gasteiger partial charge in [0.2, 0.25) is 0 Å². The highest BCUT2D eigenvalue weighted by atomic mass is 32.2. The Balaban J connectivity index is 1.98. The van der Waals surface area contributed by atoms with Crippen LogP contribution in [0.25, 0.3) is 10.9 Å². The Labute approximate surface area is 142 Å². The number of hydrogen-bond donors (Lipinski definition) is 0. The fourth-order valence-electron chi connectivity index (χ4n) is 3.40. The molecule has 1 aromatic heterocycles. The summed E-state index contributed by atoms with van der Waals surface area (Å²) in [4.78, 5) is 17.9. The summed E-state index contributed by atoms with van der Waals surface area (Å²) in [5.41, 5.74) is 0.989. The summed E-state index contributed by atoms with van der Waals surface area (Å²) < 4.78 is 2.01. The van der Waals surface area contributed by atoms with Crippen LogP contribution in [0.15, 0.2) is 34.2 Å². The maximum Gasteiger partial charge on any atom is 0.262 e. The first-order valence-corrected chi connectivity index (χ1v) is 9.94. The van der Waals surface area contributed by atoms with Crippen molar-refractivity contribution in [3.05, 3.63) is 34.6 Å². The van der Waals surface area contributed by atoms with Gasteiger partial charge < -0.3 is 0 Å². The van der Waals surface area contributed by atoms with E-state index in [0.29, 0.717) is 6.04 Å². The highest BCUT2D eigenvalue weighted by Crippen LogP contribution is 2.31. The van der Waals surface area contributed by atoms with E-state index in [1.54, 1.807) is 11.8 Å². The molecule has 1 heterocycles. The van der Waals surface area contributed by atoms with Gasteiger partial charge in [0.25, 0.3) is 5.56 Å². The predicted octanol–water partition coefficient (Wildman–Crippen LogP) is 5.18. The lowest BCUT2D eigenvalue weighted by Crippen LogP contribution is -2.29. The molecule has 3 rings (SSSR count). The van der Waals surface area contributed by atoms with E-state index in [-0.39, 0.29) is 5.56 Å². The van der Waals surface area contributed by atoms with E-state index in [0.717, 1.165) is 34.7 Å². The third kappa shape index (κ3) is 3.79. The van der Waals surface area contributed by atoms with Crippen molar-refractivity contribution in [3.63, 3.8) is 0 Å². The summed E-state index contributed by atoms with van der Waals surface area (Å²) >= 11 is 1.76. The molecule has 1 aromatic carbocycles. The second-order valence-electron chi connectivity index (χ2n) is 6.43. The van der Waals surface area contributed by atoms with Gasteiger partial charge in [-0.05, 0) is 31.4 Å². The van der Waals surface area contributed by atoms with Crippen LogP contribution in [0.4, 0.5) is 0 Å². The quantitative estimate of drug-likeness (QED) is 0.415. The van der Waals surface area contributed by atoms with Crippen LogP contribution in [0.2, 0.25) is 0 Å². The maximum atomic E-state index is 13.0. The largest absolute Gasteiger partial charge is 0.284 e. The molecule has 1 fully saturated rings. The van der Waals surface area contributed by atoms with E-state index in [1.807, 2.05) is 28.8 Å². The first-order valence-electron chi connectivity index (χ1n) is 8.95. The first-order chi connectivity index (χ1) is 11.3. The lowest BCUT2D eigenvalue weighted by Gasteiger charge is -2.26. The van der Waals surface area contributed by atoms with Crippen molar-refractivity contribution in [2.75, 3.05) is 5.75 Å². The van der Waals surface area contributed by atoms with E-state index in [2.05, 4.69) is 6.92 Å². The smallest absolute Gasteiger partial charge is 0.262 e. The average Bonchev–Trinajstić information content (AvgIpc) is 2.60. The summed E-state index contributed by atoms with van der Waals surface area (Å²) in [6.07, 6.45) is 9.63. The predicted molar refractivity (Wildman–Crippen MR) is 98.4 cm³/mol. The number of para-hydroxylation sites is 1. The molecule has 0 amide bonds. The van der Waals surface area contributed by atoms with E-state index in [1.165, 1.54) is 38.5 Å². The van der Waals surface area contributed by atoms with Crippen LogP contribution in [-0.4, -0.2) is 15.3 Å². The van der Waals surface area contributed by atoms with Gasteiger partial charge in [0.15, 0.2) is 5.16 Å². The Bertz CT molecular complexity index is 704. The highest BCUT2D eigenvalue weighted by Gasteiger charge is 2.21. The Morgan fingerprint density at radius 2 is 1.96 bits per heavy atom. The minimum absolute atomic E-state index is 0.153. The van der Waals surface area contributed by atoms with Crippen LogP contribution in [-0.2, 0) is 0 Å². The number of thioether (sulfide) groups is 1. The second-order valence-corrected chi connectivity index (χ2v) is 7.50. The van der Waals surface area contributed by atoms with Crippen molar-refractivity contribution in [3.8, 4) is 0 Å². The average molecular weight is 330 g/mol. The van der Waals surface area contributed by atoms with E-state index in [9.17, 15) is 4.79 Å². The van der Waals surface area contributed by atoms with E-state index in [4.69, 9.17) is 4.98 Å². The molecular formula is C19H26N2OS. The molecule has 0 unspecified atom stereocenters. The van der Waals surface area contributed by atoms with Crippen molar-refractivity contribution in [2.45, 2.75) is 69.5 Å². The highest BCUT2D eigenvalue weighted by molar-refractivity contribution is 7.99. The molecular weight excluding hydrogens is 304 g/mol. The number of fused-ring (bicyclic) bond motifs is 1. The van der Waals surface area contributed by atoms with Crippen LogP contribution < -0.4 is 5.56 Å². The molecule has 0 N–H and O–H groups in total. The fraction of sp³-hybridized carbons (Fsp3) is 0.579. The van der Waals surface area contributed by atoms with Crippen molar-refractivity contribution >= 4 is 22.7 Å². The number of unbranched alkanes of at least 4 members (excludes halogenated alkanes) is 2. The molecule has 0 aliphatic heterocycles. The molecule has 4 heteroatoms. The summed E-state index contributed by atoms with van der Waals surface area (Å²) in [5, 5.41) is 1.69. The molecule has 23 heavy (non-hydrogen) atoms. The third-order valence-corrected chi connectivity index (χ3v) is 5.73. The Hall–Kier alpha value is -1.29. The van der Waals surface area contributed by atoms with Gasteiger partial charge in [-0.25, -0.2) is 4.98 Å². The molecule has 124 valence electrons. The summed E-state index contributed by atoms with van der Waals surface area (Å²) in [6.45, 7) is 2.22. The van der Waals surface area contributed by atoms with Gasteiger partial charge in [-0.3, -0.25) is 9.36 Å². The molecule has 2 aromatic rings. The van der Waals surface area contributed by atoms with Crippen molar-refractivity contribution in [2.24, 2.45) is 0 Å². The molecule has 0 radical (unpaired) electrons. The SMILES string of the molecule is CCCCCSc1nc2ccccc2c(=O)n1C1CCCCC1. The van der Waals surface area contributed by atoms with Crippen molar-refractivity contribution < 1.29 is 0 Å². The molecule has 3 nitrogen and oxygen atoms in total. The first kappa shape index (κ1) is 16.6. The summed E-state index contributed by atoms with van der Waals surface area (Å²) in [7, 11) is 0. The van der Waals surface area contributed by atoms with Gasteiger partial charge in [-0.2, -0.15) is 0 Å². The van der Waals surface area contributed by atoms with Gasteiger partial charge in [-0.1, -0.05) is 62.9 Å². The Morgan fingerprint density at radius 3 is 2.74 bits per heavy atom. The van der Waals surface area contributed by atoms with E-state index >= 15 is 0 Å². The zero-order valence-corrected chi connectivity index (χ0v) is 14.8. The summed E-state index contributed by atoms with van der Waals surface area (Å²) in [6, 6.07) is 8.10. The normalized spacial score (nSPS) is 16.0. The van der Waals surface area contributed by atoms with Gasteiger partial charge in [0.05, 0.1) is 10.9 Å². The van der Waals surface area contributed by atoms with Crippen LogP contribution in [0.3, 0.4) is 0 Å². The van der Waals surface area contributed by atoms with Crippen molar-refractivity contribution in [1.82, 2.24) is 9.55 Å². The molecule has 1 aliphatic rings. The second kappa shape index (κ2) is 8.00. The van der Waals surface area contributed by atoms with Crippen LogP contribution in [0.1, 0.15) is 64.3 Å². The molecule has 0 spiro atoms. The number of benzene rings is 1. The van der Waals surface area contributed by atoms with E-state index < -0.39 is 0 Å². The molecule has 0 saturated heterocycles. The number of hydrogen-bond acceptors (Lipinski definition) is 3. The monoisotopic (exact) mass is 330 g/mol. The van der Waals surface area contributed by atoms with Crippen molar-refractivity contribution in [1.29, 1.82) is 0 Å². The lowest BCUT2D eigenvalue weighted by atomic mass is 9.95. The minimum atomic E-state index is 0.153. The molecule has 1 aliphatic carbocycles. The van der Waals surface area contributed by atoms with Gasteiger partial charge in [-0.15, -0.1) is 0 Å². The van der Waals surface area contributed by atoms with Crippen LogP contribution in [0, 0.1) is 0 Å². The standard InChI is InChI=1S/C19H26N2OS/c1-2-3-9-14-23-19-20-17-13-8-7-12-16(17)18(22)21(19)15-10-5-4-6-11-15/h7-8,12-13,15H,2-6,9-11,14H2,1H3. The zero-order valence-electron chi connectivity index (χ0n) is 14.0. The maximum absolute atomic E-state index is 13.0. The topological polar surface area (TPSA) is 34.9 Å². The molecule has 0 bridgehead atoms. The van der Waals surface area contributed by atoms with Crippen LogP contribution in [0.5, 0.6) is 0 Å². The lowest BCUT2D eigenvalue weighted by molar-refractivity contribution is 0.326. The Morgan fingerprint density at radius 1 is 1.17 bits per heavy atom. The zero-order chi connectivity index (χ0) is 16.1. The third-order valence-electron chi connectivity index (χ3n) is 4.69. The van der Waals surface area contributed by atoms with Crippen LogP contribution >= 0.6 is 11.8 Å². The summed E-state index contributed by atoms with van der Waals surface area (Å²) in [5.74, 6) is 1.05. The Kier molecular flexibility index (Phi) is 5.76. The minimum Gasteiger partial charge on any atom is -0.284 e. The number of nitrogens with zero attached hydrogens (tertiary/aromatic N) is 2. The van der Waals surface area contributed by atoms with Gasteiger partial charge >= 0.3 is 0 Å². The van der Waals surface area contributed by atoms with Gasteiger partial charge in [0.1, 0.15) is 0 Å². The molecule has 0 atom stereocenters.